The van der Waals surface area contributed by atoms with Gasteiger partial charge in [0.2, 0.25) is 15.9 Å². The molecule has 0 aliphatic heterocycles. The monoisotopic (exact) mass is 489 g/mol. The number of pyridine rings is 2. The van der Waals surface area contributed by atoms with Gasteiger partial charge in [0.05, 0.1) is 5.75 Å². The molecule has 174 valence electrons. The van der Waals surface area contributed by atoms with Crippen LogP contribution in [-0.2, 0) is 33.7 Å². The molecule has 0 fully saturated rings. The molecule has 1 amide bonds. The number of nitrogens with two attached hydrogens (primary N) is 1. The molecule has 0 spiro atoms. The zero-order valence-corrected chi connectivity index (χ0v) is 19.7. The van der Waals surface area contributed by atoms with E-state index >= 15 is 0 Å². The van der Waals surface area contributed by atoms with E-state index in [-0.39, 0.29) is 18.8 Å². The Bertz CT molecular complexity index is 1360. The molecular formula is C22H24ClN5O4S. The summed E-state index contributed by atoms with van der Waals surface area (Å²) in [6, 6.07) is 12.9. The number of carbonyl (C=O) groups is 1. The molecule has 33 heavy (non-hydrogen) atoms. The lowest BCUT2D eigenvalue weighted by molar-refractivity contribution is -0.121. The van der Waals surface area contributed by atoms with Crippen molar-refractivity contribution >= 4 is 39.0 Å². The number of anilines is 2. The number of benzene rings is 1. The van der Waals surface area contributed by atoms with Gasteiger partial charge in [-0.25, -0.2) is 13.4 Å². The number of carbonyl (C=O) groups excluding carboxylic acids is 1. The minimum atomic E-state index is -3.91. The number of rotatable bonds is 8. The number of nitrogens with zero attached hydrogens (tertiary/aromatic N) is 2. The maximum Gasteiger partial charge on any atom is 0.275 e. The van der Waals surface area contributed by atoms with Gasteiger partial charge in [-0.2, -0.15) is 0 Å². The van der Waals surface area contributed by atoms with Crippen LogP contribution in [-0.4, -0.2) is 23.9 Å². The fraction of sp³-hybridized carbons (Fsp3) is 0.227. The molecule has 1 aromatic carbocycles. The van der Waals surface area contributed by atoms with Crippen molar-refractivity contribution in [1.29, 1.82) is 0 Å². The van der Waals surface area contributed by atoms with Gasteiger partial charge in [0.25, 0.3) is 5.56 Å². The topological polar surface area (TPSA) is 136 Å². The number of hydrogen-bond acceptors (Lipinski definition) is 6. The number of amides is 1. The van der Waals surface area contributed by atoms with Gasteiger partial charge in [-0.15, -0.1) is 0 Å². The maximum atomic E-state index is 12.9. The van der Waals surface area contributed by atoms with Gasteiger partial charge in [0.1, 0.15) is 18.1 Å². The molecular weight excluding hydrogens is 466 g/mol. The molecule has 4 N–H and O–H groups in total. The average molecular weight is 490 g/mol. The predicted octanol–water partition coefficient (Wildman–Crippen LogP) is 2.35. The SMILES string of the molecule is Cc1nc(N)ccc1CNC(=O)Cn1c(C)ccc(NS(=O)(=O)Cc2ccccc2Cl)c1=O. The molecule has 0 aliphatic rings. The molecule has 2 aromatic heterocycles. The summed E-state index contributed by atoms with van der Waals surface area (Å²) in [6.07, 6.45) is 0. The van der Waals surface area contributed by atoms with Gasteiger partial charge in [-0.1, -0.05) is 35.9 Å². The highest BCUT2D eigenvalue weighted by molar-refractivity contribution is 7.91. The fourth-order valence-corrected chi connectivity index (χ4v) is 4.66. The van der Waals surface area contributed by atoms with Crippen molar-refractivity contribution in [2.45, 2.75) is 32.7 Å². The van der Waals surface area contributed by atoms with Gasteiger partial charge in [0, 0.05) is 23.0 Å². The molecule has 9 nitrogen and oxygen atoms in total. The van der Waals surface area contributed by atoms with Crippen molar-refractivity contribution < 1.29 is 13.2 Å². The van der Waals surface area contributed by atoms with Crippen LogP contribution in [0, 0.1) is 13.8 Å². The Labute approximate surface area is 196 Å². The van der Waals surface area contributed by atoms with E-state index in [4.69, 9.17) is 17.3 Å². The van der Waals surface area contributed by atoms with Crippen LogP contribution >= 0.6 is 11.6 Å². The first-order valence-corrected chi connectivity index (χ1v) is 12.0. The Morgan fingerprint density at radius 1 is 1.09 bits per heavy atom. The molecule has 0 radical (unpaired) electrons. The van der Waals surface area contributed by atoms with Crippen molar-refractivity contribution in [2.24, 2.45) is 0 Å². The number of halogens is 1. The Morgan fingerprint density at radius 3 is 2.52 bits per heavy atom. The minimum absolute atomic E-state index is 0.154. The quantitative estimate of drug-likeness (QED) is 0.444. The first-order chi connectivity index (χ1) is 15.6. The Balaban J connectivity index is 1.73. The summed E-state index contributed by atoms with van der Waals surface area (Å²) in [5.41, 5.74) is 7.26. The van der Waals surface area contributed by atoms with Crippen LogP contribution in [0.5, 0.6) is 0 Å². The van der Waals surface area contributed by atoms with Crippen LogP contribution in [0.3, 0.4) is 0 Å². The molecule has 0 saturated heterocycles. The van der Waals surface area contributed by atoms with Crippen LogP contribution in [0.25, 0.3) is 0 Å². The molecule has 11 heteroatoms. The normalized spacial score (nSPS) is 11.2. The van der Waals surface area contributed by atoms with E-state index in [0.29, 0.717) is 27.8 Å². The summed E-state index contributed by atoms with van der Waals surface area (Å²) in [6.45, 7) is 3.39. The first-order valence-electron chi connectivity index (χ1n) is 9.99. The third-order valence-electron chi connectivity index (χ3n) is 4.96. The number of aryl methyl sites for hydroxylation is 2. The van der Waals surface area contributed by atoms with Crippen LogP contribution in [0.1, 0.15) is 22.5 Å². The molecule has 0 bridgehead atoms. The average Bonchev–Trinajstić information content (AvgIpc) is 2.74. The summed E-state index contributed by atoms with van der Waals surface area (Å²) >= 11 is 6.05. The highest BCUT2D eigenvalue weighted by Crippen LogP contribution is 2.18. The molecule has 3 rings (SSSR count). The molecule has 0 unspecified atom stereocenters. The zero-order valence-electron chi connectivity index (χ0n) is 18.1. The van der Waals surface area contributed by atoms with Crippen molar-refractivity contribution in [2.75, 3.05) is 10.5 Å². The maximum absolute atomic E-state index is 12.9. The van der Waals surface area contributed by atoms with Crippen molar-refractivity contribution in [1.82, 2.24) is 14.9 Å². The summed E-state index contributed by atoms with van der Waals surface area (Å²) < 4.78 is 28.7. The fourth-order valence-electron chi connectivity index (χ4n) is 3.16. The van der Waals surface area contributed by atoms with E-state index in [0.717, 1.165) is 5.56 Å². The van der Waals surface area contributed by atoms with Crippen molar-refractivity contribution in [3.8, 4) is 0 Å². The summed E-state index contributed by atoms with van der Waals surface area (Å²) in [7, 11) is -3.91. The largest absolute Gasteiger partial charge is 0.384 e. The van der Waals surface area contributed by atoms with E-state index in [1.54, 1.807) is 56.3 Å². The highest BCUT2D eigenvalue weighted by Gasteiger charge is 2.18. The summed E-state index contributed by atoms with van der Waals surface area (Å²) in [5, 5.41) is 3.05. The number of hydrogen-bond donors (Lipinski definition) is 3. The van der Waals surface area contributed by atoms with E-state index in [1.807, 2.05) is 0 Å². The lowest BCUT2D eigenvalue weighted by Gasteiger charge is -2.14. The Morgan fingerprint density at radius 2 is 1.82 bits per heavy atom. The Hall–Kier alpha value is -3.37. The highest BCUT2D eigenvalue weighted by atomic mass is 35.5. The van der Waals surface area contributed by atoms with Gasteiger partial charge in [-0.05, 0) is 49.2 Å². The van der Waals surface area contributed by atoms with Gasteiger partial charge >= 0.3 is 0 Å². The second-order valence-electron chi connectivity index (χ2n) is 7.49. The third kappa shape index (κ3) is 6.33. The van der Waals surface area contributed by atoms with Crippen LogP contribution in [0.15, 0.2) is 53.3 Å². The van der Waals surface area contributed by atoms with E-state index in [9.17, 15) is 18.0 Å². The molecule has 0 saturated carbocycles. The molecule has 0 aliphatic carbocycles. The lowest BCUT2D eigenvalue weighted by Crippen LogP contribution is -2.34. The number of nitrogens with one attached hydrogen (secondary N) is 2. The Kier molecular flexibility index (Phi) is 7.39. The van der Waals surface area contributed by atoms with E-state index in [1.165, 1.54) is 10.6 Å². The summed E-state index contributed by atoms with van der Waals surface area (Å²) in [4.78, 5) is 29.5. The van der Waals surface area contributed by atoms with E-state index < -0.39 is 27.2 Å². The van der Waals surface area contributed by atoms with Crippen molar-refractivity contribution in [3.05, 3.63) is 86.4 Å². The smallest absolute Gasteiger partial charge is 0.275 e. The second-order valence-corrected chi connectivity index (χ2v) is 9.62. The number of aromatic nitrogens is 2. The van der Waals surface area contributed by atoms with E-state index in [2.05, 4.69) is 15.0 Å². The van der Waals surface area contributed by atoms with Crippen LogP contribution in [0.2, 0.25) is 5.02 Å². The van der Waals surface area contributed by atoms with Gasteiger partial charge in [-0.3, -0.25) is 14.3 Å². The van der Waals surface area contributed by atoms with Crippen LogP contribution < -0.4 is 21.3 Å². The summed E-state index contributed by atoms with van der Waals surface area (Å²) in [5.74, 6) is -0.416. The second kappa shape index (κ2) is 10.1. The standard InChI is InChI=1S/C22H24ClN5O4S/c1-14-7-9-19(27-33(31,32)13-17-5-3-4-6-18(17)23)22(30)28(14)12-21(29)25-11-16-8-10-20(24)26-15(16)2/h3-10,27H,11-13H2,1-2H3,(H2,24,26)(H,25,29). The van der Waals surface area contributed by atoms with Gasteiger partial charge < -0.3 is 15.6 Å². The molecule has 3 aromatic rings. The molecule has 0 atom stereocenters. The number of nitrogen functional groups attached to an aromatic ring is 1. The third-order valence-corrected chi connectivity index (χ3v) is 6.55. The predicted molar refractivity (Wildman–Crippen MR) is 128 cm³/mol. The van der Waals surface area contributed by atoms with Crippen LogP contribution in [0.4, 0.5) is 11.5 Å². The first kappa shape index (κ1) is 24.3. The molecule has 2 heterocycles. The zero-order chi connectivity index (χ0) is 24.2. The lowest BCUT2D eigenvalue weighted by atomic mass is 10.2. The van der Waals surface area contributed by atoms with Crippen molar-refractivity contribution in [3.63, 3.8) is 0 Å². The van der Waals surface area contributed by atoms with Gasteiger partial charge in [0.15, 0.2) is 0 Å². The number of sulfonamides is 1. The minimum Gasteiger partial charge on any atom is -0.384 e.